The summed E-state index contributed by atoms with van der Waals surface area (Å²) in [5, 5.41) is 6.59. The summed E-state index contributed by atoms with van der Waals surface area (Å²) in [6.45, 7) is 4.48. The summed E-state index contributed by atoms with van der Waals surface area (Å²) >= 11 is 0. The Bertz CT molecular complexity index is 152. The summed E-state index contributed by atoms with van der Waals surface area (Å²) in [6, 6.07) is 0.654. The normalized spacial score (nSPS) is 20.3. The molecule has 12 heavy (non-hydrogen) atoms. The number of hydrogen-bond acceptors (Lipinski definition) is 2. The summed E-state index contributed by atoms with van der Waals surface area (Å²) in [6.07, 6.45) is 6.12. The molecule has 70 valence electrons. The van der Waals surface area contributed by atoms with E-state index in [1.54, 1.807) is 5.57 Å². The molecule has 2 nitrogen and oxygen atoms in total. The molecule has 0 saturated heterocycles. The predicted octanol–water partition coefficient (Wildman–Crippen LogP) is 1.29. The molecule has 1 atom stereocenters. The molecule has 1 aliphatic heterocycles. The molecular formula is C10H20N2. The third kappa shape index (κ3) is 3.37. The molecule has 2 heteroatoms. The van der Waals surface area contributed by atoms with Crippen molar-refractivity contribution in [3.05, 3.63) is 11.6 Å². The van der Waals surface area contributed by atoms with Gasteiger partial charge in [-0.15, -0.1) is 0 Å². The fourth-order valence-corrected chi connectivity index (χ4v) is 1.44. The lowest BCUT2D eigenvalue weighted by Gasteiger charge is -2.16. The van der Waals surface area contributed by atoms with Gasteiger partial charge in [-0.05, 0) is 39.8 Å². The van der Waals surface area contributed by atoms with Gasteiger partial charge in [0.05, 0.1) is 0 Å². The van der Waals surface area contributed by atoms with Crippen LogP contribution in [0.3, 0.4) is 0 Å². The summed E-state index contributed by atoms with van der Waals surface area (Å²) in [5.74, 6) is 0. The van der Waals surface area contributed by atoms with Crippen molar-refractivity contribution in [3.63, 3.8) is 0 Å². The lowest BCUT2D eigenvalue weighted by Crippen LogP contribution is -2.23. The minimum atomic E-state index is 0.654. The van der Waals surface area contributed by atoms with E-state index >= 15 is 0 Å². The Balaban J connectivity index is 2.17. The van der Waals surface area contributed by atoms with E-state index in [4.69, 9.17) is 0 Å². The van der Waals surface area contributed by atoms with Crippen molar-refractivity contribution in [1.82, 2.24) is 10.6 Å². The average Bonchev–Trinajstić information content (AvgIpc) is 2.16. The fraction of sp³-hybridized carbons (Fsp3) is 0.800. The van der Waals surface area contributed by atoms with Crippen molar-refractivity contribution in [1.29, 1.82) is 0 Å². The van der Waals surface area contributed by atoms with Crippen LogP contribution in [0.5, 0.6) is 0 Å². The smallest absolute Gasteiger partial charge is 0.0137 e. The maximum Gasteiger partial charge on any atom is 0.0137 e. The molecule has 0 fully saturated rings. The SMILES string of the molecule is CNC(C)CCC1=CCNCC1. The van der Waals surface area contributed by atoms with Crippen LogP contribution >= 0.6 is 0 Å². The zero-order valence-electron chi connectivity index (χ0n) is 8.19. The Morgan fingerprint density at radius 2 is 2.50 bits per heavy atom. The van der Waals surface area contributed by atoms with Crippen LogP contribution in [-0.4, -0.2) is 26.2 Å². The fourth-order valence-electron chi connectivity index (χ4n) is 1.44. The monoisotopic (exact) mass is 168 g/mol. The van der Waals surface area contributed by atoms with Crippen molar-refractivity contribution >= 4 is 0 Å². The molecule has 0 aromatic carbocycles. The van der Waals surface area contributed by atoms with Crippen LogP contribution in [0.4, 0.5) is 0 Å². The zero-order chi connectivity index (χ0) is 8.81. The maximum atomic E-state index is 3.32. The van der Waals surface area contributed by atoms with E-state index in [2.05, 4.69) is 23.6 Å². The van der Waals surface area contributed by atoms with E-state index in [-0.39, 0.29) is 0 Å². The van der Waals surface area contributed by atoms with E-state index in [1.165, 1.54) is 25.8 Å². The first-order valence-corrected chi connectivity index (χ1v) is 4.89. The van der Waals surface area contributed by atoms with Gasteiger partial charge < -0.3 is 10.6 Å². The van der Waals surface area contributed by atoms with Gasteiger partial charge in [-0.1, -0.05) is 11.6 Å². The molecular weight excluding hydrogens is 148 g/mol. The van der Waals surface area contributed by atoms with Gasteiger partial charge in [0.1, 0.15) is 0 Å². The van der Waals surface area contributed by atoms with Crippen molar-refractivity contribution < 1.29 is 0 Å². The van der Waals surface area contributed by atoms with E-state index in [0.29, 0.717) is 6.04 Å². The second-order valence-corrected chi connectivity index (χ2v) is 3.54. The summed E-state index contributed by atoms with van der Waals surface area (Å²) in [5.41, 5.74) is 1.64. The Labute approximate surface area is 75.4 Å². The molecule has 1 unspecified atom stereocenters. The standard InChI is InChI=1S/C10H20N2/c1-9(11-2)3-4-10-5-7-12-8-6-10/h5,9,11-12H,3-4,6-8H2,1-2H3. The minimum Gasteiger partial charge on any atom is -0.317 e. The van der Waals surface area contributed by atoms with Gasteiger partial charge in [0, 0.05) is 12.6 Å². The third-order valence-electron chi connectivity index (χ3n) is 2.55. The first kappa shape index (κ1) is 9.75. The third-order valence-corrected chi connectivity index (χ3v) is 2.55. The molecule has 0 aromatic rings. The second-order valence-electron chi connectivity index (χ2n) is 3.54. The van der Waals surface area contributed by atoms with Gasteiger partial charge in [0.2, 0.25) is 0 Å². The van der Waals surface area contributed by atoms with Gasteiger partial charge in [0.25, 0.3) is 0 Å². The predicted molar refractivity (Wildman–Crippen MR) is 53.3 cm³/mol. The molecule has 1 aliphatic rings. The van der Waals surface area contributed by atoms with Crippen LogP contribution in [0.15, 0.2) is 11.6 Å². The lowest BCUT2D eigenvalue weighted by atomic mass is 10.0. The second kappa shape index (κ2) is 5.33. The number of hydrogen-bond donors (Lipinski definition) is 2. The largest absolute Gasteiger partial charge is 0.317 e. The summed E-state index contributed by atoms with van der Waals surface area (Å²) < 4.78 is 0. The molecule has 0 bridgehead atoms. The van der Waals surface area contributed by atoms with Crippen molar-refractivity contribution in [3.8, 4) is 0 Å². The zero-order valence-corrected chi connectivity index (χ0v) is 8.19. The van der Waals surface area contributed by atoms with Crippen molar-refractivity contribution in [2.75, 3.05) is 20.1 Å². The highest BCUT2D eigenvalue weighted by atomic mass is 14.9. The quantitative estimate of drug-likeness (QED) is 0.618. The van der Waals surface area contributed by atoms with Crippen LogP contribution in [-0.2, 0) is 0 Å². The lowest BCUT2D eigenvalue weighted by molar-refractivity contribution is 0.550. The molecule has 2 N–H and O–H groups in total. The summed E-state index contributed by atoms with van der Waals surface area (Å²) in [4.78, 5) is 0. The van der Waals surface area contributed by atoms with E-state index in [0.717, 1.165) is 6.54 Å². The van der Waals surface area contributed by atoms with Crippen LogP contribution in [0, 0.1) is 0 Å². The molecule has 0 spiro atoms. The highest BCUT2D eigenvalue weighted by Gasteiger charge is 2.04. The van der Waals surface area contributed by atoms with E-state index < -0.39 is 0 Å². The first-order chi connectivity index (χ1) is 5.83. The highest BCUT2D eigenvalue weighted by Crippen LogP contribution is 2.12. The van der Waals surface area contributed by atoms with Gasteiger partial charge in [-0.25, -0.2) is 0 Å². The molecule has 0 aromatic heterocycles. The van der Waals surface area contributed by atoms with Crippen LogP contribution in [0.2, 0.25) is 0 Å². The molecule has 1 heterocycles. The van der Waals surface area contributed by atoms with Crippen molar-refractivity contribution in [2.24, 2.45) is 0 Å². The Hall–Kier alpha value is -0.340. The topological polar surface area (TPSA) is 24.1 Å². The highest BCUT2D eigenvalue weighted by molar-refractivity contribution is 5.06. The average molecular weight is 168 g/mol. The van der Waals surface area contributed by atoms with Gasteiger partial charge in [-0.3, -0.25) is 0 Å². The van der Waals surface area contributed by atoms with Gasteiger partial charge in [-0.2, -0.15) is 0 Å². The van der Waals surface area contributed by atoms with E-state index in [9.17, 15) is 0 Å². The Kier molecular flexibility index (Phi) is 4.33. The van der Waals surface area contributed by atoms with Gasteiger partial charge in [0.15, 0.2) is 0 Å². The van der Waals surface area contributed by atoms with Crippen LogP contribution < -0.4 is 10.6 Å². The first-order valence-electron chi connectivity index (χ1n) is 4.89. The summed E-state index contributed by atoms with van der Waals surface area (Å²) in [7, 11) is 2.03. The number of rotatable bonds is 4. The molecule has 1 rings (SSSR count). The molecule has 0 aliphatic carbocycles. The Morgan fingerprint density at radius 3 is 3.08 bits per heavy atom. The molecule has 0 amide bonds. The van der Waals surface area contributed by atoms with Gasteiger partial charge >= 0.3 is 0 Å². The van der Waals surface area contributed by atoms with Crippen LogP contribution in [0.1, 0.15) is 26.2 Å². The maximum absolute atomic E-state index is 3.32. The van der Waals surface area contributed by atoms with Crippen LogP contribution in [0.25, 0.3) is 0 Å². The molecule has 0 saturated carbocycles. The molecule has 0 radical (unpaired) electrons. The number of nitrogens with one attached hydrogen (secondary N) is 2. The minimum absolute atomic E-state index is 0.654. The van der Waals surface area contributed by atoms with E-state index in [1.807, 2.05) is 7.05 Å². The van der Waals surface area contributed by atoms with Crippen molar-refractivity contribution in [2.45, 2.75) is 32.2 Å². The Morgan fingerprint density at radius 1 is 1.67 bits per heavy atom.